The van der Waals surface area contributed by atoms with E-state index in [1.165, 1.54) is 0 Å². The van der Waals surface area contributed by atoms with Crippen LogP contribution < -0.4 is 0 Å². The topological polar surface area (TPSA) is 138 Å². The second-order valence-electron chi connectivity index (χ2n) is 3.74. The molecule has 8 nitrogen and oxygen atoms in total. The molecule has 0 saturated carbocycles. The monoisotopic (exact) mass is 294 g/mol. The van der Waals surface area contributed by atoms with E-state index in [2.05, 4.69) is 11.3 Å². The summed E-state index contributed by atoms with van der Waals surface area (Å²) in [4.78, 5) is 44.3. The van der Waals surface area contributed by atoms with Gasteiger partial charge in [-0.2, -0.15) is 0 Å². The van der Waals surface area contributed by atoms with Crippen LogP contribution in [0.25, 0.3) is 0 Å². The molecule has 0 aromatic heterocycles. The van der Waals surface area contributed by atoms with Crippen LogP contribution in [0.4, 0.5) is 0 Å². The lowest BCUT2D eigenvalue weighted by atomic mass is 9.96. The average molecular weight is 294 g/mol. The molecule has 0 aliphatic rings. The van der Waals surface area contributed by atoms with E-state index in [9.17, 15) is 19.2 Å². The van der Waals surface area contributed by atoms with Crippen molar-refractivity contribution in [2.75, 3.05) is 0 Å². The van der Waals surface area contributed by atoms with Crippen molar-refractivity contribution < 1.29 is 39.2 Å². The normalized spacial score (nSPS) is 9.71. The third-order valence-electron chi connectivity index (χ3n) is 2.51. The Morgan fingerprint density at radius 3 is 1.95 bits per heavy atom. The molecule has 0 amide bonds. The number of hydrogen-bond acceptors (Lipinski definition) is 5. The minimum atomic E-state index is -1.64. The van der Waals surface area contributed by atoms with Crippen molar-refractivity contribution >= 4 is 23.9 Å². The summed E-state index contributed by atoms with van der Waals surface area (Å²) in [5.74, 6) is -5.55. The third kappa shape index (κ3) is 3.44. The Kier molecular flexibility index (Phi) is 4.79. The average Bonchev–Trinajstić information content (AvgIpc) is 2.42. The maximum absolute atomic E-state index is 11.2. The van der Waals surface area contributed by atoms with Gasteiger partial charge < -0.3 is 20.1 Å². The highest BCUT2D eigenvalue weighted by Crippen LogP contribution is 2.21. The van der Waals surface area contributed by atoms with E-state index in [0.717, 1.165) is 18.2 Å². The molecule has 3 N–H and O–H groups in total. The summed E-state index contributed by atoms with van der Waals surface area (Å²) in [5, 5.41) is 27.1. The molecular weight excluding hydrogens is 284 g/mol. The summed E-state index contributed by atoms with van der Waals surface area (Å²) in [5.41, 5.74) is -2.21. The predicted molar refractivity (Wildman–Crippen MR) is 67.3 cm³/mol. The van der Waals surface area contributed by atoms with Gasteiger partial charge in [0, 0.05) is 11.6 Å². The van der Waals surface area contributed by atoms with Crippen LogP contribution in [0.1, 0.15) is 36.6 Å². The van der Waals surface area contributed by atoms with Gasteiger partial charge in [0.2, 0.25) is 0 Å². The fourth-order valence-electron chi connectivity index (χ4n) is 1.62. The molecular formula is C13H10O8. The number of benzene rings is 1. The number of carboxylic acid groups (broad SMARTS) is 3. The summed E-state index contributed by atoms with van der Waals surface area (Å²) in [7, 11) is 0. The SMILES string of the molecule is C=CC(=O)OCc1c(C(=O)O)ccc(C(=O)O)c1C(=O)O. The van der Waals surface area contributed by atoms with E-state index >= 15 is 0 Å². The largest absolute Gasteiger partial charge is 0.478 e. The molecule has 8 heteroatoms. The highest BCUT2D eigenvalue weighted by Gasteiger charge is 2.25. The molecule has 21 heavy (non-hydrogen) atoms. The Bertz CT molecular complexity index is 644. The number of ether oxygens (including phenoxy) is 1. The van der Waals surface area contributed by atoms with Crippen molar-refractivity contribution in [3.63, 3.8) is 0 Å². The fraction of sp³-hybridized carbons (Fsp3) is 0.0769. The number of carbonyl (C=O) groups is 4. The zero-order valence-corrected chi connectivity index (χ0v) is 10.5. The van der Waals surface area contributed by atoms with Gasteiger partial charge in [-0.15, -0.1) is 0 Å². The maximum atomic E-state index is 11.2. The van der Waals surface area contributed by atoms with E-state index < -0.39 is 52.7 Å². The minimum Gasteiger partial charge on any atom is -0.478 e. The molecule has 0 fully saturated rings. The Morgan fingerprint density at radius 1 is 1.00 bits per heavy atom. The molecule has 0 aliphatic heterocycles. The standard InChI is InChI=1S/C13H10O8/c1-2-9(14)21-5-8-6(11(15)16)3-4-7(12(17)18)10(8)13(19)20/h2-4H,1,5H2,(H,15,16)(H,17,18)(H,19,20). The molecule has 0 radical (unpaired) electrons. The Morgan fingerprint density at radius 2 is 1.52 bits per heavy atom. The number of carbonyl (C=O) groups excluding carboxylic acids is 1. The molecule has 0 spiro atoms. The van der Waals surface area contributed by atoms with Crippen molar-refractivity contribution in [2.24, 2.45) is 0 Å². The highest BCUT2D eigenvalue weighted by molar-refractivity contribution is 6.05. The van der Waals surface area contributed by atoms with E-state index in [-0.39, 0.29) is 0 Å². The summed E-state index contributed by atoms with van der Waals surface area (Å²) in [6.07, 6.45) is 0.807. The molecule has 1 aromatic rings. The zero-order chi connectivity index (χ0) is 16.2. The number of hydrogen-bond donors (Lipinski definition) is 3. The smallest absolute Gasteiger partial charge is 0.337 e. The van der Waals surface area contributed by atoms with E-state index in [1.54, 1.807) is 0 Å². The van der Waals surface area contributed by atoms with Crippen LogP contribution >= 0.6 is 0 Å². The van der Waals surface area contributed by atoms with Gasteiger partial charge in [-0.3, -0.25) is 0 Å². The summed E-state index contributed by atoms with van der Waals surface area (Å²) in [6, 6.07) is 1.81. The Balaban J connectivity index is 3.51. The molecule has 1 aromatic carbocycles. The third-order valence-corrected chi connectivity index (χ3v) is 2.51. The Hall–Kier alpha value is -3.16. The van der Waals surface area contributed by atoms with Gasteiger partial charge in [0.1, 0.15) is 6.61 Å². The number of rotatable bonds is 6. The van der Waals surface area contributed by atoms with Crippen LogP contribution in [0, 0.1) is 0 Å². The molecule has 0 atom stereocenters. The predicted octanol–water partition coefficient (Wildman–Crippen LogP) is 1.01. The fourth-order valence-corrected chi connectivity index (χ4v) is 1.62. The molecule has 0 unspecified atom stereocenters. The van der Waals surface area contributed by atoms with Gasteiger partial charge in [0.15, 0.2) is 0 Å². The van der Waals surface area contributed by atoms with Crippen molar-refractivity contribution in [2.45, 2.75) is 6.61 Å². The van der Waals surface area contributed by atoms with Crippen LogP contribution in [-0.4, -0.2) is 39.2 Å². The molecule has 110 valence electrons. The lowest BCUT2D eigenvalue weighted by Crippen LogP contribution is -2.17. The van der Waals surface area contributed by atoms with Crippen molar-refractivity contribution in [3.8, 4) is 0 Å². The van der Waals surface area contributed by atoms with Crippen LogP contribution in [0.3, 0.4) is 0 Å². The number of esters is 1. The molecule has 0 heterocycles. The van der Waals surface area contributed by atoms with Crippen molar-refractivity contribution in [1.29, 1.82) is 0 Å². The maximum Gasteiger partial charge on any atom is 0.337 e. The lowest BCUT2D eigenvalue weighted by Gasteiger charge is -2.12. The second-order valence-corrected chi connectivity index (χ2v) is 3.74. The van der Waals surface area contributed by atoms with Gasteiger partial charge >= 0.3 is 23.9 Å². The second kappa shape index (κ2) is 6.33. The van der Waals surface area contributed by atoms with Gasteiger partial charge in [0.05, 0.1) is 16.7 Å². The van der Waals surface area contributed by atoms with E-state index in [1.807, 2.05) is 0 Å². The first-order chi connectivity index (χ1) is 9.79. The minimum absolute atomic E-state index is 0.412. The summed E-state index contributed by atoms with van der Waals surface area (Å²) in [6.45, 7) is 2.43. The van der Waals surface area contributed by atoms with Crippen LogP contribution in [-0.2, 0) is 16.1 Å². The van der Waals surface area contributed by atoms with Gasteiger partial charge in [-0.05, 0) is 12.1 Å². The van der Waals surface area contributed by atoms with E-state index in [4.69, 9.17) is 15.3 Å². The molecule has 1 rings (SSSR count). The van der Waals surface area contributed by atoms with Gasteiger partial charge in [-0.25, -0.2) is 19.2 Å². The van der Waals surface area contributed by atoms with Crippen molar-refractivity contribution in [3.05, 3.63) is 47.0 Å². The molecule has 0 saturated heterocycles. The number of aromatic carboxylic acids is 3. The van der Waals surface area contributed by atoms with Gasteiger partial charge in [0.25, 0.3) is 0 Å². The van der Waals surface area contributed by atoms with Gasteiger partial charge in [-0.1, -0.05) is 6.58 Å². The first kappa shape index (κ1) is 15.9. The Labute approximate surface area is 117 Å². The van der Waals surface area contributed by atoms with Crippen molar-refractivity contribution in [1.82, 2.24) is 0 Å². The summed E-state index contributed by atoms with van der Waals surface area (Å²) >= 11 is 0. The van der Waals surface area contributed by atoms with Crippen LogP contribution in [0.2, 0.25) is 0 Å². The summed E-state index contributed by atoms with van der Waals surface area (Å²) < 4.78 is 4.62. The van der Waals surface area contributed by atoms with E-state index in [0.29, 0.717) is 0 Å². The molecule has 0 aliphatic carbocycles. The van der Waals surface area contributed by atoms with Crippen LogP contribution in [0.15, 0.2) is 24.8 Å². The number of carboxylic acids is 3. The lowest BCUT2D eigenvalue weighted by molar-refractivity contribution is -0.139. The zero-order valence-electron chi connectivity index (χ0n) is 10.5. The first-order valence-electron chi connectivity index (χ1n) is 5.44. The first-order valence-corrected chi connectivity index (χ1v) is 5.44. The molecule has 0 bridgehead atoms. The van der Waals surface area contributed by atoms with Crippen LogP contribution in [0.5, 0.6) is 0 Å². The quantitative estimate of drug-likeness (QED) is 0.522. The highest BCUT2D eigenvalue weighted by atomic mass is 16.5.